The van der Waals surface area contributed by atoms with Crippen LogP contribution in [0.2, 0.25) is 0 Å². The van der Waals surface area contributed by atoms with Crippen LogP contribution in [-0.2, 0) is 4.74 Å². The maximum atomic E-state index is 10.3. The van der Waals surface area contributed by atoms with Gasteiger partial charge in [-0.25, -0.2) is 0 Å². The molecule has 1 aliphatic rings. The van der Waals surface area contributed by atoms with Crippen LogP contribution in [0.4, 0.5) is 0 Å². The Morgan fingerprint density at radius 1 is 1.28 bits per heavy atom. The molecular formula is C15H23NO2. The lowest BCUT2D eigenvalue weighted by atomic mass is 9.94. The minimum absolute atomic E-state index is 0.467. The van der Waals surface area contributed by atoms with Crippen LogP contribution >= 0.6 is 0 Å². The second-order valence-corrected chi connectivity index (χ2v) is 5.28. The van der Waals surface area contributed by atoms with Crippen LogP contribution in [0.25, 0.3) is 0 Å². The summed E-state index contributed by atoms with van der Waals surface area (Å²) >= 11 is 0. The highest BCUT2D eigenvalue weighted by Crippen LogP contribution is 2.20. The van der Waals surface area contributed by atoms with E-state index >= 15 is 0 Å². The van der Waals surface area contributed by atoms with Gasteiger partial charge in [0.25, 0.3) is 0 Å². The van der Waals surface area contributed by atoms with E-state index < -0.39 is 5.60 Å². The van der Waals surface area contributed by atoms with E-state index in [9.17, 15) is 5.11 Å². The van der Waals surface area contributed by atoms with Crippen molar-refractivity contribution >= 4 is 0 Å². The van der Waals surface area contributed by atoms with E-state index in [-0.39, 0.29) is 0 Å². The summed E-state index contributed by atoms with van der Waals surface area (Å²) in [6.07, 6.45) is 1.47. The highest BCUT2D eigenvalue weighted by atomic mass is 16.5. The summed E-state index contributed by atoms with van der Waals surface area (Å²) in [5.74, 6) is 0.467. The van der Waals surface area contributed by atoms with Crippen LogP contribution in [0.3, 0.4) is 0 Å². The highest BCUT2D eigenvalue weighted by Gasteiger charge is 2.29. The molecule has 1 aliphatic heterocycles. The Morgan fingerprint density at radius 2 is 1.94 bits per heavy atom. The fourth-order valence-corrected chi connectivity index (χ4v) is 2.35. The lowest BCUT2D eigenvalue weighted by Crippen LogP contribution is -2.45. The van der Waals surface area contributed by atoms with Crippen LogP contribution < -0.4 is 5.32 Å². The Balaban J connectivity index is 1.75. The van der Waals surface area contributed by atoms with Gasteiger partial charge in [-0.15, -0.1) is 0 Å². The van der Waals surface area contributed by atoms with Gasteiger partial charge in [0.05, 0.1) is 5.60 Å². The Bertz CT molecular complexity index is 347. The molecule has 1 saturated heterocycles. The standard InChI is InChI=1S/C15H23NO2/c1-13(14-5-3-2-4-6-14)11-16-12-15(17)7-9-18-10-8-15/h2-6,13,16-17H,7-12H2,1H3/t13-/m0/s1. The van der Waals surface area contributed by atoms with Gasteiger partial charge in [-0.3, -0.25) is 0 Å². The summed E-state index contributed by atoms with van der Waals surface area (Å²) in [4.78, 5) is 0. The smallest absolute Gasteiger partial charge is 0.0815 e. The van der Waals surface area contributed by atoms with Crippen molar-refractivity contribution < 1.29 is 9.84 Å². The molecule has 0 saturated carbocycles. The molecule has 1 atom stereocenters. The molecule has 1 aromatic rings. The molecule has 100 valence electrons. The summed E-state index contributed by atoms with van der Waals surface area (Å²) in [6, 6.07) is 10.5. The van der Waals surface area contributed by atoms with Crippen molar-refractivity contribution in [1.82, 2.24) is 5.32 Å². The number of benzene rings is 1. The first-order valence-electron chi connectivity index (χ1n) is 6.75. The number of ether oxygens (including phenoxy) is 1. The second-order valence-electron chi connectivity index (χ2n) is 5.28. The molecule has 0 aromatic heterocycles. The molecule has 2 N–H and O–H groups in total. The van der Waals surface area contributed by atoms with Crippen molar-refractivity contribution in [3.05, 3.63) is 35.9 Å². The molecule has 0 aliphatic carbocycles. The summed E-state index contributed by atoms with van der Waals surface area (Å²) in [6.45, 7) is 5.11. The molecule has 0 bridgehead atoms. The van der Waals surface area contributed by atoms with Gasteiger partial charge in [-0.2, -0.15) is 0 Å². The Hall–Kier alpha value is -0.900. The molecule has 3 heteroatoms. The Labute approximate surface area is 109 Å². The summed E-state index contributed by atoms with van der Waals surface area (Å²) < 4.78 is 5.27. The minimum atomic E-state index is -0.575. The molecule has 0 amide bonds. The van der Waals surface area contributed by atoms with Gasteiger partial charge in [-0.05, 0) is 11.5 Å². The maximum Gasteiger partial charge on any atom is 0.0815 e. The molecule has 1 fully saturated rings. The van der Waals surface area contributed by atoms with Crippen molar-refractivity contribution in [2.75, 3.05) is 26.3 Å². The number of aliphatic hydroxyl groups is 1. The van der Waals surface area contributed by atoms with Gasteiger partial charge in [0.15, 0.2) is 0 Å². The third kappa shape index (κ3) is 3.80. The van der Waals surface area contributed by atoms with E-state index in [1.165, 1.54) is 5.56 Å². The number of rotatable bonds is 5. The van der Waals surface area contributed by atoms with E-state index in [1.807, 2.05) is 6.07 Å². The molecule has 2 rings (SSSR count). The van der Waals surface area contributed by atoms with Gasteiger partial charge < -0.3 is 15.2 Å². The van der Waals surface area contributed by atoms with Gasteiger partial charge in [0.2, 0.25) is 0 Å². The van der Waals surface area contributed by atoms with Gasteiger partial charge in [0.1, 0.15) is 0 Å². The average molecular weight is 249 g/mol. The highest BCUT2D eigenvalue weighted by molar-refractivity contribution is 5.18. The maximum absolute atomic E-state index is 10.3. The molecule has 0 unspecified atom stereocenters. The first kappa shape index (κ1) is 13.5. The summed E-state index contributed by atoms with van der Waals surface area (Å²) in [5.41, 5.74) is 0.762. The van der Waals surface area contributed by atoms with Gasteiger partial charge in [0, 0.05) is 39.1 Å². The summed E-state index contributed by atoms with van der Waals surface area (Å²) in [5, 5.41) is 13.7. The van der Waals surface area contributed by atoms with Gasteiger partial charge in [-0.1, -0.05) is 37.3 Å². The van der Waals surface area contributed by atoms with E-state index in [2.05, 4.69) is 36.5 Å². The molecule has 18 heavy (non-hydrogen) atoms. The van der Waals surface area contributed by atoms with Crippen LogP contribution in [-0.4, -0.2) is 37.0 Å². The molecule has 1 aromatic carbocycles. The largest absolute Gasteiger partial charge is 0.388 e. The van der Waals surface area contributed by atoms with Crippen molar-refractivity contribution in [3.63, 3.8) is 0 Å². The number of nitrogens with one attached hydrogen (secondary N) is 1. The minimum Gasteiger partial charge on any atom is -0.388 e. The first-order valence-corrected chi connectivity index (χ1v) is 6.75. The topological polar surface area (TPSA) is 41.5 Å². The van der Waals surface area contributed by atoms with E-state index in [4.69, 9.17) is 4.74 Å². The van der Waals surface area contributed by atoms with E-state index in [0.29, 0.717) is 25.7 Å². The summed E-state index contributed by atoms with van der Waals surface area (Å²) in [7, 11) is 0. The zero-order chi connectivity index (χ0) is 12.8. The van der Waals surface area contributed by atoms with E-state index in [0.717, 1.165) is 19.4 Å². The monoisotopic (exact) mass is 249 g/mol. The lowest BCUT2D eigenvalue weighted by Gasteiger charge is -2.32. The molecule has 0 spiro atoms. The lowest BCUT2D eigenvalue weighted by molar-refractivity contribution is -0.0615. The van der Waals surface area contributed by atoms with Crippen LogP contribution in [0.5, 0.6) is 0 Å². The Morgan fingerprint density at radius 3 is 2.61 bits per heavy atom. The predicted molar refractivity (Wildman–Crippen MR) is 72.7 cm³/mol. The Kier molecular flexibility index (Phi) is 4.75. The van der Waals surface area contributed by atoms with E-state index in [1.54, 1.807) is 0 Å². The van der Waals surface area contributed by atoms with Crippen LogP contribution in [0, 0.1) is 0 Å². The average Bonchev–Trinajstić information content (AvgIpc) is 2.40. The number of hydrogen-bond acceptors (Lipinski definition) is 3. The third-order valence-corrected chi connectivity index (χ3v) is 3.70. The second kappa shape index (κ2) is 6.32. The van der Waals surface area contributed by atoms with Crippen molar-refractivity contribution in [2.45, 2.75) is 31.3 Å². The first-order chi connectivity index (χ1) is 8.70. The van der Waals surface area contributed by atoms with Gasteiger partial charge >= 0.3 is 0 Å². The zero-order valence-corrected chi connectivity index (χ0v) is 11.1. The fourth-order valence-electron chi connectivity index (χ4n) is 2.35. The molecule has 1 heterocycles. The van der Waals surface area contributed by atoms with Crippen LogP contribution in [0.1, 0.15) is 31.2 Å². The molecule has 3 nitrogen and oxygen atoms in total. The predicted octanol–water partition coefficient (Wildman–Crippen LogP) is 1.92. The zero-order valence-electron chi connectivity index (χ0n) is 11.1. The number of hydrogen-bond donors (Lipinski definition) is 2. The van der Waals surface area contributed by atoms with Crippen molar-refractivity contribution in [2.24, 2.45) is 0 Å². The molecule has 0 radical (unpaired) electrons. The van der Waals surface area contributed by atoms with Crippen LogP contribution in [0.15, 0.2) is 30.3 Å². The quantitative estimate of drug-likeness (QED) is 0.837. The molecular weight excluding hydrogens is 226 g/mol. The SMILES string of the molecule is C[C@@H](CNCC1(O)CCOCC1)c1ccccc1. The van der Waals surface area contributed by atoms with Crippen molar-refractivity contribution in [1.29, 1.82) is 0 Å². The fraction of sp³-hybridized carbons (Fsp3) is 0.600. The third-order valence-electron chi connectivity index (χ3n) is 3.70. The normalized spacial score (nSPS) is 20.6. The van der Waals surface area contributed by atoms with Crippen molar-refractivity contribution in [3.8, 4) is 0 Å².